The number of rotatable bonds is 6. The number of para-hydroxylation sites is 1. The van der Waals surface area contributed by atoms with E-state index in [0.29, 0.717) is 5.84 Å². The molecule has 13 rings (SSSR count). The van der Waals surface area contributed by atoms with Crippen LogP contribution in [0.2, 0.25) is 0 Å². The van der Waals surface area contributed by atoms with Crippen LogP contribution < -0.4 is 5.32 Å². The van der Waals surface area contributed by atoms with Crippen LogP contribution in [0.25, 0.3) is 91.5 Å². The number of thiophene rings is 1. The molecule has 300 valence electrons. The van der Waals surface area contributed by atoms with E-state index in [2.05, 4.69) is 228 Å². The fourth-order valence-electron chi connectivity index (χ4n) is 9.91. The molecule has 5 heteroatoms. The highest BCUT2D eigenvalue weighted by molar-refractivity contribution is 7.26. The van der Waals surface area contributed by atoms with E-state index in [9.17, 15) is 0 Å². The molecule has 1 aliphatic heterocycles. The molecular weight excluding hydrogens is 797 g/mol. The third kappa shape index (κ3) is 5.89. The molecule has 1 aliphatic rings. The Kier molecular flexibility index (Phi) is 8.43. The van der Waals surface area contributed by atoms with Crippen LogP contribution in [-0.4, -0.2) is 16.2 Å². The Morgan fingerprint density at radius 1 is 0.438 bits per heavy atom. The molecule has 64 heavy (non-hydrogen) atoms. The Morgan fingerprint density at radius 3 is 1.92 bits per heavy atom. The van der Waals surface area contributed by atoms with Crippen LogP contribution in [0.1, 0.15) is 22.9 Å². The topological polar surface area (TPSA) is 41.7 Å². The van der Waals surface area contributed by atoms with Crippen molar-refractivity contribution in [1.82, 2.24) is 9.88 Å². The summed E-state index contributed by atoms with van der Waals surface area (Å²) in [6.45, 7) is 0. The number of aliphatic imine (C=N–C) groups is 2. The molecule has 1 unspecified atom stereocenters. The largest absolute Gasteiger partial charge is 0.344 e. The van der Waals surface area contributed by atoms with Crippen molar-refractivity contribution in [2.45, 2.75) is 6.17 Å². The molecule has 1 N–H and O–H groups in total. The summed E-state index contributed by atoms with van der Waals surface area (Å²) < 4.78 is 4.97. The van der Waals surface area contributed by atoms with Gasteiger partial charge in [-0.1, -0.05) is 170 Å². The lowest BCUT2D eigenvalue weighted by atomic mass is 9.89. The number of nitrogens with zero attached hydrogens (tertiary/aromatic N) is 3. The Hall–Kier alpha value is -8.12. The Balaban J connectivity index is 1.14. The van der Waals surface area contributed by atoms with E-state index in [1.54, 1.807) is 0 Å². The molecule has 0 fully saturated rings. The van der Waals surface area contributed by atoms with Crippen LogP contribution in [0.3, 0.4) is 0 Å². The number of nitrogens with one attached hydrogen (secondary N) is 1. The van der Waals surface area contributed by atoms with Crippen LogP contribution in [0.5, 0.6) is 0 Å². The average molecular weight is 835 g/mol. The first-order valence-corrected chi connectivity index (χ1v) is 22.6. The minimum absolute atomic E-state index is 0.375. The van der Waals surface area contributed by atoms with Crippen molar-refractivity contribution in [3.05, 3.63) is 235 Å². The van der Waals surface area contributed by atoms with Gasteiger partial charge >= 0.3 is 0 Å². The predicted molar refractivity (Wildman–Crippen MR) is 271 cm³/mol. The van der Waals surface area contributed by atoms with E-state index in [-0.39, 0.29) is 6.17 Å². The van der Waals surface area contributed by atoms with Gasteiger partial charge in [0, 0.05) is 47.8 Å². The van der Waals surface area contributed by atoms with Gasteiger partial charge in [-0.3, -0.25) is 0 Å². The maximum absolute atomic E-state index is 5.56. The normalized spacial score (nSPS) is 14.1. The van der Waals surface area contributed by atoms with Crippen molar-refractivity contribution in [2.75, 3.05) is 0 Å². The SMILES string of the molecule is c1ccc(-c2ccccc2C2=NC(c3ccc(-n4c5ccccc5c5cc6ccccc6cc54)cc3-c3c4ccccc4cc4sc5ccccc5c34)=NC(c3ccccc3)N2)cc1. The highest BCUT2D eigenvalue weighted by Crippen LogP contribution is 2.47. The van der Waals surface area contributed by atoms with Gasteiger partial charge in [0.1, 0.15) is 12.0 Å². The molecule has 0 spiro atoms. The third-order valence-corrected chi connectivity index (χ3v) is 13.9. The summed E-state index contributed by atoms with van der Waals surface area (Å²) in [5.41, 5.74) is 11.0. The highest BCUT2D eigenvalue weighted by atomic mass is 32.1. The third-order valence-electron chi connectivity index (χ3n) is 12.8. The minimum atomic E-state index is -0.375. The molecule has 0 amide bonds. The first-order chi connectivity index (χ1) is 31.7. The summed E-state index contributed by atoms with van der Waals surface area (Å²) in [5, 5.41) is 13.6. The first-order valence-electron chi connectivity index (χ1n) is 21.8. The van der Waals surface area contributed by atoms with Gasteiger partial charge in [-0.2, -0.15) is 0 Å². The summed E-state index contributed by atoms with van der Waals surface area (Å²) in [7, 11) is 0. The number of aromatic nitrogens is 1. The average Bonchev–Trinajstić information content (AvgIpc) is 3.90. The van der Waals surface area contributed by atoms with Gasteiger partial charge in [0.05, 0.1) is 11.0 Å². The van der Waals surface area contributed by atoms with E-state index in [4.69, 9.17) is 9.98 Å². The second-order valence-corrected chi connectivity index (χ2v) is 17.6. The molecule has 12 aromatic rings. The molecule has 4 nitrogen and oxygen atoms in total. The van der Waals surface area contributed by atoms with Crippen molar-refractivity contribution in [3.63, 3.8) is 0 Å². The summed E-state index contributed by atoms with van der Waals surface area (Å²) in [4.78, 5) is 11.1. The number of hydrogen-bond donors (Lipinski definition) is 1. The first kappa shape index (κ1) is 36.5. The second kappa shape index (κ2) is 14.8. The number of fused-ring (bicyclic) bond motifs is 8. The van der Waals surface area contributed by atoms with Gasteiger partial charge in [0.25, 0.3) is 0 Å². The van der Waals surface area contributed by atoms with Gasteiger partial charge in [0.15, 0.2) is 5.84 Å². The lowest BCUT2D eigenvalue weighted by Crippen LogP contribution is -2.34. The van der Waals surface area contributed by atoms with Crippen molar-refractivity contribution in [1.29, 1.82) is 0 Å². The molecule has 0 saturated carbocycles. The Bertz CT molecular complexity index is 3880. The molecular formula is C59H38N4S. The Labute approximate surface area is 373 Å². The predicted octanol–water partition coefficient (Wildman–Crippen LogP) is 15.3. The number of hydrogen-bond acceptors (Lipinski definition) is 4. The Morgan fingerprint density at radius 2 is 1.09 bits per heavy atom. The molecule has 3 heterocycles. The molecule has 0 aliphatic carbocycles. The second-order valence-electron chi connectivity index (χ2n) is 16.5. The van der Waals surface area contributed by atoms with Gasteiger partial charge in [-0.25, -0.2) is 9.98 Å². The highest BCUT2D eigenvalue weighted by Gasteiger charge is 2.27. The maximum Gasteiger partial charge on any atom is 0.160 e. The minimum Gasteiger partial charge on any atom is -0.344 e. The summed E-state index contributed by atoms with van der Waals surface area (Å²) in [6, 6.07) is 78.8. The molecule has 1 atom stereocenters. The summed E-state index contributed by atoms with van der Waals surface area (Å²) in [5.74, 6) is 1.47. The fourth-order valence-corrected chi connectivity index (χ4v) is 11.1. The van der Waals surface area contributed by atoms with Gasteiger partial charge in [-0.15, -0.1) is 11.3 Å². The lowest BCUT2D eigenvalue weighted by molar-refractivity contribution is 0.674. The van der Waals surface area contributed by atoms with E-state index < -0.39 is 0 Å². The zero-order chi connectivity index (χ0) is 42.1. The van der Waals surface area contributed by atoms with Crippen molar-refractivity contribution in [3.8, 4) is 27.9 Å². The van der Waals surface area contributed by atoms with Crippen molar-refractivity contribution < 1.29 is 0 Å². The van der Waals surface area contributed by atoms with E-state index in [1.807, 2.05) is 11.3 Å². The number of amidine groups is 2. The maximum atomic E-state index is 5.56. The fraction of sp³-hybridized carbons (Fsp3) is 0.0169. The van der Waals surface area contributed by atoms with E-state index in [1.165, 1.54) is 63.6 Å². The molecule has 0 bridgehead atoms. The summed E-state index contributed by atoms with van der Waals surface area (Å²) in [6.07, 6.45) is -0.375. The van der Waals surface area contributed by atoms with Crippen LogP contribution >= 0.6 is 11.3 Å². The van der Waals surface area contributed by atoms with Crippen LogP contribution in [0.4, 0.5) is 0 Å². The van der Waals surface area contributed by atoms with E-state index in [0.717, 1.165) is 50.4 Å². The quantitative estimate of drug-likeness (QED) is 0.178. The zero-order valence-electron chi connectivity index (χ0n) is 34.6. The van der Waals surface area contributed by atoms with Crippen molar-refractivity contribution >= 4 is 86.5 Å². The molecule has 0 saturated heterocycles. The van der Waals surface area contributed by atoms with Crippen LogP contribution in [0.15, 0.2) is 228 Å². The smallest absolute Gasteiger partial charge is 0.160 e. The van der Waals surface area contributed by atoms with Gasteiger partial charge in [-0.05, 0) is 97.9 Å². The van der Waals surface area contributed by atoms with Crippen LogP contribution in [0, 0.1) is 0 Å². The van der Waals surface area contributed by atoms with Crippen molar-refractivity contribution in [2.24, 2.45) is 9.98 Å². The standard InChI is InChI=1S/C59H38N4S/c1-3-17-37(18-4-1)43-24-11-12-27-46(43)58-60-57(38-19-5-2-6-20-38)61-59(62-58)47-32-31-42(63-51-29-15-13-26-45(51)49-33-39-21-7-8-22-40(39)34-52(49)63)36-50(47)55-44-25-10-9-23-41(44)35-54-56(55)48-28-14-16-30-53(48)64-54/h1-36,57H,(H,60,61,62). The van der Waals surface area contributed by atoms with E-state index >= 15 is 0 Å². The molecule has 0 radical (unpaired) electrons. The van der Waals surface area contributed by atoms with Crippen LogP contribution in [-0.2, 0) is 0 Å². The van der Waals surface area contributed by atoms with Gasteiger partial charge in [0.2, 0.25) is 0 Å². The summed E-state index contributed by atoms with van der Waals surface area (Å²) >= 11 is 1.86. The molecule has 2 aromatic heterocycles. The molecule has 10 aromatic carbocycles. The van der Waals surface area contributed by atoms with Gasteiger partial charge < -0.3 is 9.88 Å². The zero-order valence-corrected chi connectivity index (χ0v) is 35.4. The lowest BCUT2D eigenvalue weighted by Gasteiger charge is -2.26. The number of benzene rings is 10. The monoisotopic (exact) mass is 834 g/mol.